The van der Waals surface area contributed by atoms with Crippen molar-refractivity contribution in [2.75, 3.05) is 19.6 Å². The van der Waals surface area contributed by atoms with Crippen LogP contribution in [0.5, 0.6) is 0 Å². The summed E-state index contributed by atoms with van der Waals surface area (Å²) >= 11 is 0. The largest absolute Gasteiger partial charge is 0.339 e. The SMILES string of the molecule is Cc1nccn1CCCN1CCC(c2nc(C(C)C)no2)CC1. The van der Waals surface area contributed by atoms with E-state index in [9.17, 15) is 0 Å². The summed E-state index contributed by atoms with van der Waals surface area (Å²) in [5.41, 5.74) is 0. The van der Waals surface area contributed by atoms with Crippen LogP contribution in [-0.2, 0) is 6.54 Å². The third-order valence-corrected chi connectivity index (χ3v) is 4.71. The maximum absolute atomic E-state index is 5.45. The molecular weight excluding hydrogens is 290 g/mol. The molecule has 6 heteroatoms. The lowest BCUT2D eigenvalue weighted by Gasteiger charge is -2.30. The van der Waals surface area contributed by atoms with E-state index >= 15 is 0 Å². The maximum atomic E-state index is 5.45. The van der Waals surface area contributed by atoms with Gasteiger partial charge >= 0.3 is 0 Å². The fourth-order valence-corrected chi connectivity index (χ4v) is 3.16. The number of hydrogen-bond acceptors (Lipinski definition) is 5. The Hall–Kier alpha value is -1.69. The average molecular weight is 317 g/mol. The molecule has 0 amide bonds. The topological polar surface area (TPSA) is 60.0 Å². The Balaban J connectivity index is 1.42. The molecule has 126 valence electrons. The van der Waals surface area contributed by atoms with Crippen LogP contribution >= 0.6 is 0 Å². The van der Waals surface area contributed by atoms with Gasteiger partial charge in [-0.3, -0.25) is 0 Å². The molecule has 0 spiro atoms. The summed E-state index contributed by atoms with van der Waals surface area (Å²) in [7, 11) is 0. The number of likely N-dealkylation sites (tertiary alicyclic amines) is 1. The smallest absolute Gasteiger partial charge is 0.229 e. The second kappa shape index (κ2) is 7.25. The highest BCUT2D eigenvalue weighted by atomic mass is 16.5. The standard InChI is InChI=1S/C17H27N5O/c1-13(2)16-19-17(23-20-16)15-5-10-21(11-6-15)8-4-9-22-12-7-18-14(22)3/h7,12-13,15H,4-6,8-11H2,1-3H3. The number of rotatable bonds is 6. The van der Waals surface area contributed by atoms with Crippen molar-refractivity contribution in [1.82, 2.24) is 24.6 Å². The van der Waals surface area contributed by atoms with E-state index in [-0.39, 0.29) is 0 Å². The van der Waals surface area contributed by atoms with Crippen molar-refractivity contribution in [2.45, 2.75) is 58.4 Å². The van der Waals surface area contributed by atoms with Gasteiger partial charge in [0.1, 0.15) is 5.82 Å². The Morgan fingerprint density at radius 3 is 2.65 bits per heavy atom. The van der Waals surface area contributed by atoms with Crippen LogP contribution in [-0.4, -0.2) is 44.2 Å². The van der Waals surface area contributed by atoms with E-state index in [0.717, 1.165) is 56.6 Å². The van der Waals surface area contributed by atoms with E-state index in [2.05, 4.69) is 51.6 Å². The van der Waals surface area contributed by atoms with Gasteiger partial charge in [0, 0.05) is 30.8 Å². The van der Waals surface area contributed by atoms with Gasteiger partial charge in [-0.25, -0.2) is 4.98 Å². The first-order valence-electron chi connectivity index (χ1n) is 8.67. The predicted molar refractivity (Wildman–Crippen MR) is 88.4 cm³/mol. The van der Waals surface area contributed by atoms with Gasteiger partial charge in [-0.05, 0) is 45.8 Å². The molecule has 3 rings (SSSR count). The molecule has 1 aliphatic heterocycles. The summed E-state index contributed by atoms with van der Waals surface area (Å²) in [5.74, 6) is 3.53. The highest BCUT2D eigenvalue weighted by Crippen LogP contribution is 2.27. The molecule has 0 radical (unpaired) electrons. The van der Waals surface area contributed by atoms with Crippen LogP contribution in [0.15, 0.2) is 16.9 Å². The second-order valence-electron chi connectivity index (χ2n) is 6.78. The van der Waals surface area contributed by atoms with Crippen molar-refractivity contribution in [3.05, 3.63) is 29.9 Å². The van der Waals surface area contributed by atoms with Gasteiger partial charge < -0.3 is 14.0 Å². The van der Waals surface area contributed by atoms with Crippen LogP contribution in [0.2, 0.25) is 0 Å². The van der Waals surface area contributed by atoms with Crippen LogP contribution in [0, 0.1) is 6.92 Å². The first-order valence-corrected chi connectivity index (χ1v) is 8.67. The number of imidazole rings is 1. The molecule has 0 aliphatic carbocycles. The molecule has 0 N–H and O–H groups in total. The fourth-order valence-electron chi connectivity index (χ4n) is 3.16. The minimum Gasteiger partial charge on any atom is -0.339 e. The number of aryl methyl sites for hydroxylation is 2. The summed E-state index contributed by atoms with van der Waals surface area (Å²) in [6, 6.07) is 0. The van der Waals surface area contributed by atoms with Gasteiger partial charge in [0.05, 0.1) is 0 Å². The second-order valence-corrected chi connectivity index (χ2v) is 6.78. The number of nitrogens with zero attached hydrogens (tertiary/aromatic N) is 5. The quantitative estimate of drug-likeness (QED) is 0.820. The van der Waals surface area contributed by atoms with Gasteiger partial charge in [0.2, 0.25) is 5.89 Å². The van der Waals surface area contributed by atoms with Crippen LogP contribution in [0.4, 0.5) is 0 Å². The first-order chi connectivity index (χ1) is 11.1. The predicted octanol–water partition coefficient (Wildman–Crippen LogP) is 2.97. The lowest BCUT2D eigenvalue weighted by Crippen LogP contribution is -2.34. The van der Waals surface area contributed by atoms with Crippen molar-refractivity contribution >= 4 is 0 Å². The highest BCUT2D eigenvalue weighted by Gasteiger charge is 2.25. The summed E-state index contributed by atoms with van der Waals surface area (Å²) in [5, 5.41) is 4.09. The summed E-state index contributed by atoms with van der Waals surface area (Å²) in [6.45, 7) is 10.7. The van der Waals surface area contributed by atoms with Crippen molar-refractivity contribution in [2.24, 2.45) is 0 Å². The van der Waals surface area contributed by atoms with Crippen molar-refractivity contribution in [1.29, 1.82) is 0 Å². The molecule has 1 aliphatic rings. The zero-order chi connectivity index (χ0) is 16.2. The Morgan fingerprint density at radius 2 is 2.04 bits per heavy atom. The van der Waals surface area contributed by atoms with Crippen LogP contribution in [0.25, 0.3) is 0 Å². The van der Waals surface area contributed by atoms with Crippen molar-refractivity contribution in [3.8, 4) is 0 Å². The Morgan fingerprint density at radius 1 is 1.26 bits per heavy atom. The minimum atomic E-state index is 0.333. The molecule has 0 aromatic carbocycles. The van der Waals surface area contributed by atoms with Gasteiger partial charge in [-0.1, -0.05) is 19.0 Å². The maximum Gasteiger partial charge on any atom is 0.229 e. The molecular formula is C17H27N5O. The summed E-state index contributed by atoms with van der Waals surface area (Å²) in [4.78, 5) is 11.4. The van der Waals surface area contributed by atoms with E-state index in [1.165, 1.54) is 6.42 Å². The Bertz CT molecular complexity index is 610. The third kappa shape index (κ3) is 3.99. The monoisotopic (exact) mass is 317 g/mol. The van der Waals surface area contributed by atoms with E-state index in [1.807, 2.05) is 6.20 Å². The number of piperidine rings is 1. The van der Waals surface area contributed by atoms with Crippen molar-refractivity contribution in [3.63, 3.8) is 0 Å². The highest BCUT2D eigenvalue weighted by molar-refractivity contribution is 4.99. The van der Waals surface area contributed by atoms with E-state index in [4.69, 9.17) is 4.52 Å². The summed E-state index contributed by atoms with van der Waals surface area (Å²) in [6.07, 6.45) is 7.33. The average Bonchev–Trinajstić information content (AvgIpc) is 3.18. The Labute approximate surface area is 137 Å². The van der Waals surface area contributed by atoms with Crippen molar-refractivity contribution < 1.29 is 4.52 Å². The first kappa shape index (κ1) is 16.2. The van der Waals surface area contributed by atoms with Gasteiger partial charge in [0.15, 0.2) is 5.82 Å². The van der Waals surface area contributed by atoms with Crippen LogP contribution < -0.4 is 0 Å². The van der Waals surface area contributed by atoms with E-state index < -0.39 is 0 Å². The van der Waals surface area contributed by atoms with Crippen LogP contribution in [0.3, 0.4) is 0 Å². The third-order valence-electron chi connectivity index (χ3n) is 4.71. The molecule has 2 aromatic rings. The molecule has 0 bridgehead atoms. The molecule has 6 nitrogen and oxygen atoms in total. The molecule has 0 saturated carbocycles. The molecule has 23 heavy (non-hydrogen) atoms. The Kier molecular flexibility index (Phi) is 5.10. The summed E-state index contributed by atoms with van der Waals surface area (Å²) < 4.78 is 7.67. The van der Waals surface area contributed by atoms with Gasteiger partial charge in [-0.2, -0.15) is 4.98 Å². The zero-order valence-corrected chi connectivity index (χ0v) is 14.4. The lowest BCUT2D eigenvalue weighted by atomic mass is 9.96. The molecule has 1 saturated heterocycles. The zero-order valence-electron chi connectivity index (χ0n) is 14.4. The molecule has 3 heterocycles. The van der Waals surface area contributed by atoms with E-state index in [1.54, 1.807) is 0 Å². The van der Waals surface area contributed by atoms with Gasteiger partial charge in [0.25, 0.3) is 0 Å². The molecule has 1 fully saturated rings. The normalized spacial score (nSPS) is 17.2. The minimum absolute atomic E-state index is 0.333. The molecule has 2 aromatic heterocycles. The molecule has 0 unspecified atom stereocenters. The lowest BCUT2D eigenvalue weighted by molar-refractivity contribution is 0.190. The number of aromatic nitrogens is 4. The molecule has 0 atom stereocenters. The fraction of sp³-hybridized carbons (Fsp3) is 0.706. The number of hydrogen-bond donors (Lipinski definition) is 0. The van der Waals surface area contributed by atoms with E-state index in [0.29, 0.717) is 11.8 Å². The van der Waals surface area contributed by atoms with Crippen LogP contribution in [0.1, 0.15) is 62.5 Å². The van der Waals surface area contributed by atoms with Gasteiger partial charge in [-0.15, -0.1) is 0 Å².